The number of nitro groups is 1. The van der Waals surface area contributed by atoms with Crippen LogP contribution in [0.15, 0.2) is 71.1 Å². The minimum absolute atomic E-state index is 0.0254. The van der Waals surface area contributed by atoms with Gasteiger partial charge in [0.2, 0.25) is 11.8 Å². The van der Waals surface area contributed by atoms with E-state index >= 15 is 0 Å². The molecule has 1 aromatic heterocycles. The minimum Gasteiger partial charge on any atom is -0.436 e. The van der Waals surface area contributed by atoms with Crippen LogP contribution < -0.4 is 5.32 Å². The SMILES string of the molecule is O=C(Cc1ccc([N+](=O)[O-])cc1)Nc1ccc2oc(-c3ccc(F)cc3)nc2c1. The van der Waals surface area contributed by atoms with Gasteiger partial charge in [-0.15, -0.1) is 0 Å². The van der Waals surface area contributed by atoms with Crippen LogP contribution in [-0.4, -0.2) is 15.8 Å². The largest absolute Gasteiger partial charge is 0.436 e. The maximum absolute atomic E-state index is 13.1. The molecule has 0 spiro atoms. The minimum atomic E-state index is -0.489. The average molecular weight is 391 g/mol. The Kier molecular flexibility index (Phi) is 4.74. The highest BCUT2D eigenvalue weighted by molar-refractivity contribution is 5.94. The van der Waals surface area contributed by atoms with Crippen molar-refractivity contribution in [1.82, 2.24) is 4.98 Å². The monoisotopic (exact) mass is 391 g/mol. The third-order valence-corrected chi connectivity index (χ3v) is 4.27. The molecule has 0 aliphatic rings. The molecule has 0 aliphatic carbocycles. The van der Waals surface area contributed by atoms with Crippen molar-refractivity contribution in [2.24, 2.45) is 0 Å². The second-order valence-corrected chi connectivity index (χ2v) is 6.36. The fourth-order valence-corrected chi connectivity index (χ4v) is 2.85. The molecule has 8 heteroatoms. The molecular formula is C21H14FN3O4. The van der Waals surface area contributed by atoms with Gasteiger partial charge in [0.25, 0.3) is 5.69 Å². The van der Waals surface area contributed by atoms with Gasteiger partial charge in [-0.2, -0.15) is 0 Å². The number of carbonyl (C=O) groups excluding carboxylic acids is 1. The number of oxazole rings is 1. The fraction of sp³-hybridized carbons (Fsp3) is 0.0476. The van der Waals surface area contributed by atoms with Gasteiger partial charge in [0.1, 0.15) is 11.3 Å². The molecule has 1 amide bonds. The van der Waals surface area contributed by atoms with E-state index in [1.54, 1.807) is 42.5 Å². The van der Waals surface area contributed by atoms with Crippen molar-refractivity contribution in [1.29, 1.82) is 0 Å². The number of nitrogens with zero attached hydrogens (tertiary/aromatic N) is 2. The highest BCUT2D eigenvalue weighted by Gasteiger charge is 2.11. The van der Waals surface area contributed by atoms with Crippen LogP contribution in [0.2, 0.25) is 0 Å². The smallest absolute Gasteiger partial charge is 0.269 e. The third-order valence-electron chi connectivity index (χ3n) is 4.27. The second kappa shape index (κ2) is 7.51. The quantitative estimate of drug-likeness (QED) is 0.392. The highest BCUT2D eigenvalue weighted by Crippen LogP contribution is 2.26. The first-order chi connectivity index (χ1) is 14.0. The number of amides is 1. The molecule has 29 heavy (non-hydrogen) atoms. The topological polar surface area (TPSA) is 98.3 Å². The first kappa shape index (κ1) is 18.3. The number of halogens is 1. The number of aromatic nitrogens is 1. The molecule has 4 rings (SSSR count). The molecule has 3 aromatic carbocycles. The van der Waals surface area contributed by atoms with Crippen molar-refractivity contribution in [3.05, 3.63) is 88.2 Å². The molecule has 4 aromatic rings. The van der Waals surface area contributed by atoms with Gasteiger partial charge in [0.05, 0.1) is 11.3 Å². The van der Waals surface area contributed by atoms with Crippen LogP contribution in [0.5, 0.6) is 0 Å². The Bertz CT molecular complexity index is 1200. The zero-order chi connectivity index (χ0) is 20.4. The van der Waals surface area contributed by atoms with Crippen molar-refractivity contribution >= 4 is 28.4 Å². The lowest BCUT2D eigenvalue weighted by atomic mass is 10.1. The number of rotatable bonds is 5. The van der Waals surface area contributed by atoms with E-state index in [2.05, 4.69) is 10.3 Å². The number of benzene rings is 3. The van der Waals surface area contributed by atoms with Gasteiger partial charge in [0, 0.05) is 23.4 Å². The number of carbonyl (C=O) groups is 1. The molecular weight excluding hydrogens is 377 g/mol. The molecule has 0 aliphatic heterocycles. The molecule has 144 valence electrons. The van der Waals surface area contributed by atoms with Crippen molar-refractivity contribution in [2.75, 3.05) is 5.32 Å². The summed E-state index contributed by atoms with van der Waals surface area (Å²) in [5, 5.41) is 13.5. The number of non-ortho nitro benzene ring substituents is 1. The van der Waals surface area contributed by atoms with Gasteiger partial charge in [-0.3, -0.25) is 14.9 Å². The fourth-order valence-electron chi connectivity index (χ4n) is 2.85. The van der Waals surface area contributed by atoms with Gasteiger partial charge in [-0.05, 0) is 48.0 Å². The van der Waals surface area contributed by atoms with Crippen LogP contribution in [0.4, 0.5) is 15.8 Å². The van der Waals surface area contributed by atoms with Crippen molar-refractivity contribution < 1.29 is 18.5 Å². The van der Waals surface area contributed by atoms with E-state index in [0.717, 1.165) is 0 Å². The number of hydrogen-bond donors (Lipinski definition) is 1. The zero-order valence-electron chi connectivity index (χ0n) is 15.0. The number of nitrogens with one attached hydrogen (secondary N) is 1. The Morgan fingerprint density at radius 3 is 2.48 bits per heavy atom. The first-order valence-corrected chi connectivity index (χ1v) is 8.68. The Labute approximate surface area is 164 Å². The summed E-state index contributed by atoms with van der Waals surface area (Å²) < 4.78 is 18.8. The molecule has 0 saturated heterocycles. The van der Waals surface area contributed by atoms with Crippen molar-refractivity contribution in [3.63, 3.8) is 0 Å². The van der Waals surface area contributed by atoms with Crippen LogP contribution in [0.25, 0.3) is 22.6 Å². The van der Waals surface area contributed by atoms with Crippen LogP contribution in [-0.2, 0) is 11.2 Å². The molecule has 0 radical (unpaired) electrons. The van der Waals surface area contributed by atoms with Gasteiger partial charge < -0.3 is 9.73 Å². The number of nitro benzene ring substituents is 1. The molecule has 1 heterocycles. The van der Waals surface area contributed by atoms with E-state index in [0.29, 0.717) is 33.8 Å². The van der Waals surface area contributed by atoms with Crippen molar-refractivity contribution in [2.45, 2.75) is 6.42 Å². The summed E-state index contributed by atoms with van der Waals surface area (Å²) in [6, 6.07) is 16.7. The summed E-state index contributed by atoms with van der Waals surface area (Å²) >= 11 is 0. The van der Waals surface area contributed by atoms with Crippen molar-refractivity contribution in [3.8, 4) is 11.5 Å². The Morgan fingerprint density at radius 1 is 1.07 bits per heavy atom. The summed E-state index contributed by atoms with van der Waals surface area (Å²) in [4.78, 5) is 26.9. The van der Waals surface area contributed by atoms with E-state index in [-0.39, 0.29) is 23.8 Å². The Hall–Kier alpha value is -4.07. The number of hydrogen-bond acceptors (Lipinski definition) is 5. The summed E-state index contributed by atoms with van der Waals surface area (Å²) in [6.45, 7) is 0. The number of anilines is 1. The van der Waals surface area contributed by atoms with Gasteiger partial charge in [0.15, 0.2) is 5.58 Å². The molecule has 0 saturated carbocycles. The predicted molar refractivity (Wildman–Crippen MR) is 105 cm³/mol. The maximum atomic E-state index is 13.1. The maximum Gasteiger partial charge on any atom is 0.269 e. The normalized spacial score (nSPS) is 10.8. The third kappa shape index (κ3) is 4.11. The van der Waals surface area contributed by atoms with Crippen LogP contribution in [0, 0.1) is 15.9 Å². The van der Waals surface area contributed by atoms with Crippen LogP contribution in [0.3, 0.4) is 0 Å². The summed E-state index contributed by atoms with van der Waals surface area (Å²) in [5.41, 5.74) is 2.92. The Balaban J connectivity index is 1.48. The van der Waals surface area contributed by atoms with E-state index in [1.165, 1.54) is 24.3 Å². The molecule has 1 N–H and O–H groups in total. The van der Waals surface area contributed by atoms with Gasteiger partial charge in [-0.25, -0.2) is 9.37 Å². The molecule has 0 atom stereocenters. The van der Waals surface area contributed by atoms with Gasteiger partial charge in [-0.1, -0.05) is 12.1 Å². The Morgan fingerprint density at radius 2 is 1.79 bits per heavy atom. The van der Waals surface area contributed by atoms with Crippen LogP contribution >= 0.6 is 0 Å². The lowest BCUT2D eigenvalue weighted by Crippen LogP contribution is -2.14. The summed E-state index contributed by atoms with van der Waals surface area (Å²) in [7, 11) is 0. The second-order valence-electron chi connectivity index (χ2n) is 6.36. The van der Waals surface area contributed by atoms with Gasteiger partial charge >= 0.3 is 0 Å². The molecule has 0 unspecified atom stereocenters. The average Bonchev–Trinajstić information content (AvgIpc) is 3.12. The zero-order valence-corrected chi connectivity index (χ0v) is 15.0. The summed E-state index contributed by atoms with van der Waals surface area (Å²) in [6.07, 6.45) is 0.0790. The molecule has 0 fully saturated rings. The molecule has 7 nitrogen and oxygen atoms in total. The van der Waals surface area contributed by atoms with E-state index < -0.39 is 4.92 Å². The van der Waals surface area contributed by atoms with E-state index in [1.807, 2.05) is 0 Å². The highest BCUT2D eigenvalue weighted by atomic mass is 19.1. The first-order valence-electron chi connectivity index (χ1n) is 8.68. The lowest BCUT2D eigenvalue weighted by molar-refractivity contribution is -0.384. The van der Waals surface area contributed by atoms with E-state index in [9.17, 15) is 19.3 Å². The lowest BCUT2D eigenvalue weighted by Gasteiger charge is -2.05. The van der Waals surface area contributed by atoms with E-state index in [4.69, 9.17) is 4.42 Å². The predicted octanol–water partition coefficient (Wildman–Crippen LogP) is 4.72. The standard InChI is InChI=1S/C21H14FN3O4/c22-15-5-3-14(4-6-15)21-24-18-12-16(7-10-19(18)29-21)23-20(26)11-13-1-8-17(9-2-13)25(27)28/h1-10,12H,11H2,(H,23,26). The molecule has 0 bridgehead atoms. The summed E-state index contributed by atoms with van der Waals surface area (Å²) in [5.74, 6) is -0.252. The van der Waals surface area contributed by atoms with Crippen LogP contribution in [0.1, 0.15) is 5.56 Å². The number of fused-ring (bicyclic) bond motifs is 1.